The second-order valence-corrected chi connectivity index (χ2v) is 1.21. The first-order chi connectivity index (χ1) is 3.89. The van der Waals surface area contributed by atoms with Gasteiger partial charge in [-0.25, -0.2) is 0 Å². The van der Waals surface area contributed by atoms with Gasteiger partial charge in [-0.05, 0) is 0 Å². The summed E-state index contributed by atoms with van der Waals surface area (Å²) in [4.78, 5) is 3.65. The minimum Gasteiger partial charge on any atom is -0.481 e. The van der Waals surface area contributed by atoms with Gasteiger partial charge < -0.3 is 9.84 Å². The van der Waals surface area contributed by atoms with E-state index in [1.165, 1.54) is 24.8 Å². The van der Waals surface area contributed by atoms with Crippen molar-refractivity contribution in [3.8, 4) is 0 Å². The fourth-order valence-electron chi connectivity index (χ4n) is 0.331. The SMILES string of the molecule is OC1=CC=NC=CO1. The number of rotatable bonds is 0. The van der Waals surface area contributed by atoms with Crippen molar-refractivity contribution in [2.45, 2.75) is 0 Å². The summed E-state index contributed by atoms with van der Waals surface area (Å²) in [6.07, 6.45) is 5.55. The summed E-state index contributed by atoms with van der Waals surface area (Å²) in [5.74, 6) is -0.137. The van der Waals surface area contributed by atoms with E-state index in [1.807, 2.05) is 0 Å². The fourth-order valence-corrected chi connectivity index (χ4v) is 0.331. The van der Waals surface area contributed by atoms with Crippen molar-refractivity contribution in [1.82, 2.24) is 0 Å². The molecule has 1 aliphatic rings. The largest absolute Gasteiger partial charge is 0.481 e. The third kappa shape index (κ3) is 1.11. The third-order valence-corrected chi connectivity index (χ3v) is 0.639. The molecule has 0 aromatic carbocycles. The van der Waals surface area contributed by atoms with E-state index < -0.39 is 0 Å². The standard InChI is InChI=1S/C5H5NO2/c7-5-1-2-6-3-4-8-5/h1-4,7H. The number of allylic oxidation sites excluding steroid dienone is 1. The van der Waals surface area contributed by atoms with Crippen LogP contribution in [0.1, 0.15) is 0 Å². The average Bonchev–Trinajstić information content (AvgIpc) is 1.94. The van der Waals surface area contributed by atoms with Gasteiger partial charge in [0.2, 0.25) is 0 Å². The van der Waals surface area contributed by atoms with E-state index in [-0.39, 0.29) is 5.95 Å². The van der Waals surface area contributed by atoms with Gasteiger partial charge in [-0.2, -0.15) is 0 Å². The number of ether oxygens (including phenoxy) is 1. The van der Waals surface area contributed by atoms with Gasteiger partial charge in [0.05, 0.1) is 6.20 Å². The summed E-state index contributed by atoms with van der Waals surface area (Å²) < 4.78 is 4.51. The lowest BCUT2D eigenvalue weighted by Crippen LogP contribution is -1.79. The maximum atomic E-state index is 8.59. The normalized spacial score (nSPS) is 16.8. The Balaban J connectivity index is 2.69. The molecule has 1 aliphatic heterocycles. The highest BCUT2D eigenvalue weighted by atomic mass is 16.6. The minimum atomic E-state index is -0.137. The van der Waals surface area contributed by atoms with Crippen molar-refractivity contribution in [2.75, 3.05) is 0 Å². The van der Waals surface area contributed by atoms with Gasteiger partial charge >= 0.3 is 0 Å². The number of aliphatic imine (C=N–C) groups is 1. The van der Waals surface area contributed by atoms with Gasteiger partial charge in [0.25, 0.3) is 5.95 Å². The highest BCUT2D eigenvalue weighted by Crippen LogP contribution is 1.93. The van der Waals surface area contributed by atoms with Crippen LogP contribution in [0.15, 0.2) is 29.5 Å². The molecule has 0 bridgehead atoms. The van der Waals surface area contributed by atoms with E-state index in [0.29, 0.717) is 0 Å². The Morgan fingerprint density at radius 2 is 2.50 bits per heavy atom. The predicted octanol–water partition coefficient (Wildman–Crippen LogP) is 0.958. The highest BCUT2D eigenvalue weighted by Gasteiger charge is 1.87. The molecular weight excluding hydrogens is 106 g/mol. The molecule has 0 unspecified atom stereocenters. The summed E-state index contributed by atoms with van der Waals surface area (Å²) in [6, 6.07) is 0. The smallest absolute Gasteiger partial charge is 0.283 e. The number of hydrogen-bond acceptors (Lipinski definition) is 3. The van der Waals surface area contributed by atoms with Gasteiger partial charge in [0.15, 0.2) is 0 Å². The van der Waals surface area contributed by atoms with Crippen LogP contribution in [0, 0.1) is 0 Å². The molecule has 1 rings (SSSR count). The van der Waals surface area contributed by atoms with Crippen molar-refractivity contribution in [1.29, 1.82) is 0 Å². The Bertz CT molecular complexity index is 158. The van der Waals surface area contributed by atoms with Crippen LogP contribution >= 0.6 is 0 Å². The molecule has 0 saturated heterocycles. The molecule has 0 aromatic rings. The van der Waals surface area contributed by atoms with Crippen molar-refractivity contribution in [2.24, 2.45) is 4.99 Å². The van der Waals surface area contributed by atoms with Gasteiger partial charge in [-0.3, -0.25) is 4.99 Å². The monoisotopic (exact) mass is 111 g/mol. The molecule has 3 nitrogen and oxygen atoms in total. The van der Waals surface area contributed by atoms with Gasteiger partial charge in [-0.1, -0.05) is 0 Å². The zero-order chi connectivity index (χ0) is 5.82. The second-order valence-electron chi connectivity index (χ2n) is 1.21. The van der Waals surface area contributed by atoms with E-state index >= 15 is 0 Å². The summed E-state index contributed by atoms with van der Waals surface area (Å²) in [5, 5.41) is 8.59. The van der Waals surface area contributed by atoms with E-state index in [9.17, 15) is 0 Å². The lowest BCUT2D eigenvalue weighted by Gasteiger charge is -1.90. The summed E-state index contributed by atoms with van der Waals surface area (Å²) in [7, 11) is 0. The molecule has 1 N–H and O–H groups in total. The summed E-state index contributed by atoms with van der Waals surface area (Å²) in [6.45, 7) is 0. The Kier molecular flexibility index (Phi) is 1.32. The second kappa shape index (κ2) is 2.16. The summed E-state index contributed by atoms with van der Waals surface area (Å²) >= 11 is 0. The molecule has 8 heavy (non-hydrogen) atoms. The van der Waals surface area contributed by atoms with Crippen LogP contribution in [-0.4, -0.2) is 11.3 Å². The van der Waals surface area contributed by atoms with E-state index in [2.05, 4.69) is 9.73 Å². The lowest BCUT2D eigenvalue weighted by molar-refractivity contribution is 0.169. The summed E-state index contributed by atoms with van der Waals surface area (Å²) in [5.41, 5.74) is 0. The van der Waals surface area contributed by atoms with Crippen LogP contribution in [-0.2, 0) is 4.74 Å². The fraction of sp³-hybridized carbons (Fsp3) is 0. The number of hydrogen-bond donors (Lipinski definition) is 1. The average molecular weight is 111 g/mol. The van der Waals surface area contributed by atoms with Crippen LogP contribution < -0.4 is 0 Å². The van der Waals surface area contributed by atoms with Crippen molar-refractivity contribution in [3.05, 3.63) is 24.5 Å². The maximum Gasteiger partial charge on any atom is 0.283 e. The molecule has 0 radical (unpaired) electrons. The first-order valence-electron chi connectivity index (χ1n) is 2.14. The minimum absolute atomic E-state index is 0.137. The molecule has 42 valence electrons. The van der Waals surface area contributed by atoms with Crippen molar-refractivity contribution >= 4 is 6.21 Å². The maximum absolute atomic E-state index is 8.59. The van der Waals surface area contributed by atoms with Gasteiger partial charge in [0, 0.05) is 12.3 Å². The molecule has 3 heteroatoms. The Labute approximate surface area is 46.6 Å². The highest BCUT2D eigenvalue weighted by molar-refractivity contribution is 5.72. The molecule has 0 amide bonds. The zero-order valence-corrected chi connectivity index (χ0v) is 4.11. The van der Waals surface area contributed by atoms with Crippen LogP contribution in [0.25, 0.3) is 0 Å². The quantitative estimate of drug-likeness (QED) is 0.505. The van der Waals surface area contributed by atoms with Gasteiger partial charge in [0.1, 0.15) is 6.26 Å². The Morgan fingerprint density at radius 3 is 3.38 bits per heavy atom. The molecule has 0 aliphatic carbocycles. The van der Waals surface area contributed by atoms with E-state index in [4.69, 9.17) is 5.11 Å². The predicted molar refractivity (Wildman–Crippen MR) is 29.4 cm³/mol. The number of aliphatic hydroxyl groups excluding tert-OH is 1. The first-order valence-corrected chi connectivity index (χ1v) is 2.14. The third-order valence-electron chi connectivity index (χ3n) is 0.639. The molecule has 0 aromatic heterocycles. The Morgan fingerprint density at radius 1 is 1.62 bits per heavy atom. The van der Waals surface area contributed by atoms with Crippen molar-refractivity contribution in [3.63, 3.8) is 0 Å². The molecule has 0 atom stereocenters. The number of nitrogens with zero attached hydrogens (tertiary/aromatic N) is 1. The number of aliphatic hydroxyl groups is 1. The van der Waals surface area contributed by atoms with Crippen LogP contribution in [0.4, 0.5) is 0 Å². The zero-order valence-electron chi connectivity index (χ0n) is 4.11. The Hall–Kier alpha value is -1.25. The molecule has 0 fully saturated rings. The van der Waals surface area contributed by atoms with E-state index in [1.54, 1.807) is 0 Å². The van der Waals surface area contributed by atoms with Crippen LogP contribution in [0.3, 0.4) is 0 Å². The molecule has 0 saturated carbocycles. The molecule has 1 heterocycles. The molecular formula is C5H5NO2. The lowest BCUT2D eigenvalue weighted by atomic mass is 10.7. The topological polar surface area (TPSA) is 41.8 Å². The molecule has 0 spiro atoms. The first kappa shape index (κ1) is 4.90. The van der Waals surface area contributed by atoms with Crippen LogP contribution in [0.2, 0.25) is 0 Å². The van der Waals surface area contributed by atoms with Crippen molar-refractivity contribution < 1.29 is 9.84 Å². The van der Waals surface area contributed by atoms with Gasteiger partial charge in [-0.15, -0.1) is 0 Å². The van der Waals surface area contributed by atoms with E-state index in [0.717, 1.165) is 0 Å². The van der Waals surface area contributed by atoms with Crippen LogP contribution in [0.5, 0.6) is 0 Å².